The third kappa shape index (κ3) is 3.25. The van der Waals surface area contributed by atoms with Gasteiger partial charge in [0.2, 0.25) is 5.91 Å². The first-order valence-electron chi connectivity index (χ1n) is 8.50. The van der Waals surface area contributed by atoms with Gasteiger partial charge in [0.25, 0.3) is 0 Å². The number of amides is 1. The van der Waals surface area contributed by atoms with E-state index in [0.717, 1.165) is 47.8 Å². The van der Waals surface area contributed by atoms with Crippen LogP contribution in [-0.4, -0.2) is 41.4 Å². The molecule has 1 aliphatic heterocycles. The van der Waals surface area contributed by atoms with Crippen molar-refractivity contribution in [3.8, 4) is 11.4 Å². The number of carbonyl (C=O) groups is 1. The van der Waals surface area contributed by atoms with Gasteiger partial charge in [0.05, 0.1) is 12.2 Å². The van der Waals surface area contributed by atoms with Crippen molar-refractivity contribution >= 4 is 11.7 Å². The van der Waals surface area contributed by atoms with Gasteiger partial charge in [-0.05, 0) is 6.42 Å². The van der Waals surface area contributed by atoms with Crippen LogP contribution in [-0.2, 0) is 17.8 Å². The maximum absolute atomic E-state index is 12.2. The van der Waals surface area contributed by atoms with Crippen LogP contribution in [0.1, 0.15) is 31.0 Å². The maximum Gasteiger partial charge on any atom is 0.222 e. The van der Waals surface area contributed by atoms with Gasteiger partial charge in [0.1, 0.15) is 5.82 Å². The number of hydrogen-bond donors (Lipinski definition) is 0. The van der Waals surface area contributed by atoms with Crippen LogP contribution in [0.3, 0.4) is 0 Å². The topological polar surface area (TPSA) is 49.3 Å². The lowest BCUT2D eigenvalue weighted by Gasteiger charge is -2.31. The monoisotopic (exact) mass is 324 g/mol. The number of carbonyl (C=O) groups excluding carboxylic acids is 1. The van der Waals surface area contributed by atoms with E-state index in [1.54, 1.807) is 0 Å². The van der Waals surface area contributed by atoms with Crippen LogP contribution >= 0.6 is 0 Å². The fraction of sp³-hybridized carbons (Fsp3) is 0.421. The van der Waals surface area contributed by atoms with Crippen LogP contribution in [0, 0.1) is 0 Å². The average molecular weight is 324 g/mol. The Labute approximate surface area is 143 Å². The van der Waals surface area contributed by atoms with Gasteiger partial charge in [-0.2, -0.15) is 0 Å². The lowest BCUT2D eigenvalue weighted by atomic mass is 10.0. The number of benzene rings is 1. The minimum absolute atomic E-state index is 0.222. The molecule has 24 heavy (non-hydrogen) atoms. The first-order valence-corrected chi connectivity index (χ1v) is 8.50. The summed E-state index contributed by atoms with van der Waals surface area (Å²) in [5, 5.41) is 0. The number of nitrogens with zero attached hydrogens (tertiary/aromatic N) is 4. The predicted octanol–water partition coefficient (Wildman–Crippen LogP) is 2.89. The summed E-state index contributed by atoms with van der Waals surface area (Å²) in [4.78, 5) is 25.8. The Morgan fingerprint density at radius 1 is 1.21 bits per heavy atom. The van der Waals surface area contributed by atoms with Crippen LogP contribution in [0.5, 0.6) is 0 Å². The van der Waals surface area contributed by atoms with Gasteiger partial charge in [-0.25, -0.2) is 9.97 Å². The highest BCUT2D eigenvalue weighted by molar-refractivity contribution is 5.77. The minimum Gasteiger partial charge on any atom is -0.362 e. The second-order valence-corrected chi connectivity index (χ2v) is 6.37. The zero-order chi connectivity index (χ0) is 17.1. The van der Waals surface area contributed by atoms with Crippen molar-refractivity contribution in [3.63, 3.8) is 0 Å². The molecule has 0 atom stereocenters. The molecule has 1 aliphatic rings. The summed E-state index contributed by atoms with van der Waals surface area (Å²) in [6, 6.07) is 10.0. The van der Waals surface area contributed by atoms with E-state index in [1.807, 2.05) is 61.2 Å². The molecular weight excluding hydrogens is 300 g/mol. The first kappa shape index (κ1) is 16.4. The molecule has 0 fully saturated rings. The lowest BCUT2D eigenvalue weighted by molar-refractivity contribution is -0.132. The molecule has 126 valence electrons. The molecule has 0 bridgehead atoms. The van der Waals surface area contributed by atoms with E-state index in [9.17, 15) is 4.79 Å². The molecule has 2 heterocycles. The van der Waals surface area contributed by atoms with Gasteiger partial charge in [-0.1, -0.05) is 37.3 Å². The van der Waals surface area contributed by atoms with Gasteiger partial charge in [0, 0.05) is 44.6 Å². The van der Waals surface area contributed by atoms with Crippen LogP contribution in [0.4, 0.5) is 5.82 Å². The Morgan fingerprint density at radius 2 is 1.96 bits per heavy atom. The molecule has 2 aromatic rings. The summed E-state index contributed by atoms with van der Waals surface area (Å²) in [7, 11) is 3.98. The molecule has 0 unspecified atom stereocenters. The minimum atomic E-state index is 0.222. The molecule has 0 aliphatic carbocycles. The summed E-state index contributed by atoms with van der Waals surface area (Å²) in [5.41, 5.74) is 3.16. The van der Waals surface area contributed by atoms with E-state index >= 15 is 0 Å². The highest BCUT2D eigenvalue weighted by atomic mass is 16.2. The summed E-state index contributed by atoms with van der Waals surface area (Å²) >= 11 is 0. The van der Waals surface area contributed by atoms with Crippen LogP contribution in [0.2, 0.25) is 0 Å². The van der Waals surface area contributed by atoms with Gasteiger partial charge in [0.15, 0.2) is 5.82 Å². The van der Waals surface area contributed by atoms with Gasteiger partial charge in [-0.3, -0.25) is 4.79 Å². The lowest BCUT2D eigenvalue weighted by Crippen LogP contribution is -2.37. The number of fused-ring (bicyclic) bond motifs is 1. The molecule has 0 saturated carbocycles. The summed E-state index contributed by atoms with van der Waals surface area (Å²) in [5.74, 6) is 1.89. The van der Waals surface area contributed by atoms with Crippen LogP contribution < -0.4 is 4.90 Å². The number of hydrogen-bond acceptors (Lipinski definition) is 4. The molecular formula is C19H24N4O. The van der Waals surface area contributed by atoms with Gasteiger partial charge >= 0.3 is 0 Å². The SMILES string of the molecule is CCCC(=O)N1CCc2nc(-c3ccccc3)nc(N(C)C)c2C1. The second-order valence-electron chi connectivity index (χ2n) is 6.37. The average Bonchev–Trinajstić information content (AvgIpc) is 2.61. The van der Waals surface area contributed by atoms with Gasteiger partial charge in [-0.15, -0.1) is 0 Å². The Morgan fingerprint density at radius 3 is 2.62 bits per heavy atom. The Kier molecular flexibility index (Phi) is 4.79. The van der Waals surface area contributed by atoms with E-state index in [1.165, 1.54) is 0 Å². The fourth-order valence-electron chi connectivity index (χ4n) is 3.07. The fourth-order valence-corrected chi connectivity index (χ4v) is 3.07. The third-order valence-corrected chi connectivity index (χ3v) is 4.31. The zero-order valence-electron chi connectivity index (χ0n) is 14.6. The van der Waals surface area contributed by atoms with Crippen LogP contribution in [0.25, 0.3) is 11.4 Å². The van der Waals surface area contributed by atoms with Crippen molar-refractivity contribution in [2.45, 2.75) is 32.7 Å². The number of anilines is 1. The summed E-state index contributed by atoms with van der Waals surface area (Å²) < 4.78 is 0. The highest BCUT2D eigenvalue weighted by Crippen LogP contribution is 2.29. The molecule has 0 N–H and O–H groups in total. The smallest absolute Gasteiger partial charge is 0.222 e. The van der Waals surface area contributed by atoms with Crippen molar-refractivity contribution in [1.29, 1.82) is 0 Å². The highest BCUT2D eigenvalue weighted by Gasteiger charge is 2.26. The van der Waals surface area contributed by atoms with E-state index in [2.05, 4.69) is 0 Å². The van der Waals surface area contributed by atoms with Crippen molar-refractivity contribution in [3.05, 3.63) is 41.6 Å². The first-order chi connectivity index (χ1) is 11.6. The Hall–Kier alpha value is -2.43. The van der Waals surface area contributed by atoms with Gasteiger partial charge < -0.3 is 9.80 Å². The number of rotatable bonds is 4. The van der Waals surface area contributed by atoms with Crippen molar-refractivity contribution in [2.24, 2.45) is 0 Å². The maximum atomic E-state index is 12.2. The normalized spacial score (nSPS) is 13.5. The predicted molar refractivity (Wildman–Crippen MR) is 95.8 cm³/mol. The largest absolute Gasteiger partial charge is 0.362 e. The molecule has 3 rings (SSSR count). The van der Waals surface area contributed by atoms with E-state index in [0.29, 0.717) is 13.0 Å². The van der Waals surface area contributed by atoms with Crippen LogP contribution in [0.15, 0.2) is 30.3 Å². The molecule has 0 radical (unpaired) electrons. The molecule has 5 nitrogen and oxygen atoms in total. The molecule has 1 amide bonds. The Bertz CT molecular complexity index is 728. The van der Waals surface area contributed by atoms with E-state index in [4.69, 9.17) is 9.97 Å². The number of aromatic nitrogens is 2. The zero-order valence-corrected chi connectivity index (χ0v) is 14.6. The standard InChI is InChI=1S/C19H24N4O/c1-4-8-17(24)23-12-11-16-15(13-23)19(22(2)3)21-18(20-16)14-9-6-5-7-10-14/h5-7,9-10H,4,8,11-13H2,1-3H3. The quantitative estimate of drug-likeness (QED) is 0.868. The van der Waals surface area contributed by atoms with E-state index < -0.39 is 0 Å². The Balaban J connectivity index is 1.99. The molecule has 0 spiro atoms. The van der Waals surface area contributed by atoms with Crippen molar-refractivity contribution in [2.75, 3.05) is 25.5 Å². The van der Waals surface area contributed by atoms with E-state index in [-0.39, 0.29) is 5.91 Å². The summed E-state index contributed by atoms with van der Waals surface area (Å²) in [6.45, 7) is 3.39. The molecule has 1 aromatic heterocycles. The molecule has 5 heteroatoms. The summed E-state index contributed by atoms with van der Waals surface area (Å²) in [6.07, 6.45) is 2.27. The second kappa shape index (κ2) is 6.99. The molecule has 1 aromatic carbocycles. The third-order valence-electron chi connectivity index (χ3n) is 4.31. The van der Waals surface area contributed by atoms with Crippen molar-refractivity contribution in [1.82, 2.24) is 14.9 Å². The molecule has 0 saturated heterocycles. The van der Waals surface area contributed by atoms with Crippen molar-refractivity contribution < 1.29 is 4.79 Å².